The Morgan fingerprint density at radius 1 is 1.00 bits per heavy atom. The van der Waals surface area contributed by atoms with Gasteiger partial charge in [-0.05, 0) is 0 Å². The van der Waals surface area contributed by atoms with E-state index in [1.807, 2.05) is 0 Å². The van der Waals surface area contributed by atoms with Crippen LogP contribution >= 0.6 is 0 Å². The molecule has 0 spiro atoms. The summed E-state index contributed by atoms with van der Waals surface area (Å²) in [6.07, 6.45) is 5.08. The first-order valence-electron chi connectivity index (χ1n) is 3.44. The van der Waals surface area contributed by atoms with Crippen molar-refractivity contribution in [3.63, 3.8) is 0 Å². The highest BCUT2D eigenvalue weighted by Gasteiger charge is 1.70. The van der Waals surface area contributed by atoms with Crippen molar-refractivity contribution < 1.29 is 4.74 Å². The van der Waals surface area contributed by atoms with Crippen LogP contribution in [0.2, 0.25) is 0 Å². The van der Waals surface area contributed by atoms with Crippen molar-refractivity contribution in [2.75, 3.05) is 19.8 Å². The molecular weight excluding hydrogens is 138 g/mol. The van der Waals surface area contributed by atoms with E-state index in [2.05, 4.69) is 19.7 Å². The molecule has 0 aromatic heterocycles. The second-order valence-corrected chi connectivity index (χ2v) is 1.64. The fourth-order valence-electron chi connectivity index (χ4n) is 0.235. The molecule has 0 aromatic rings. The molecule has 0 heterocycles. The summed E-state index contributed by atoms with van der Waals surface area (Å²) in [7, 11) is 0. The molecule has 0 rings (SSSR count). The van der Waals surface area contributed by atoms with E-state index in [9.17, 15) is 0 Å². The third-order valence-corrected chi connectivity index (χ3v) is 0.638. The normalized spacial score (nSPS) is 7.36. The summed E-state index contributed by atoms with van der Waals surface area (Å²) in [5.74, 6) is 0. The molecule has 64 valence electrons. The first-order valence-corrected chi connectivity index (χ1v) is 3.44. The van der Waals surface area contributed by atoms with Gasteiger partial charge in [0.2, 0.25) is 0 Å². The summed E-state index contributed by atoms with van der Waals surface area (Å²) in [6.45, 7) is 12.1. The van der Waals surface area contributed by atoms with E-state index < -0.39 is 0 Å². The Bertz CT molecular complexity index is 91.7. The maximum Gasteiger partial charge on any atom is 0.0649 e. The third kappa shape index (κ3) is 27.2. The lowest BCUT2D eigenvalue weighted by Gasteiger charge is -1.89. The summed E-state index contributed by atoms with van der Waals surface area (Å²) >= 11 is 0. The van der Waals surface area contributed by atoms with Crippen molar-refractivity contribution in [3.8, 4) is 0 Å². The first kappa shape index (κ1) is 12.8. The fraction of sp³-hybridized carbons (Fsp3) is 0.333. The molecule has 0 saturated heterocycles. The number of nitrogens with two attached hydrogens (primary N) is 1. The van der Waals surface area contributed by atoms with Crippen LogP contribution in [-0.4, -0.2) is 19.8 Å². The van der Waals surface area contributed by atoms with Gasteiger partial charge in [0.15, 0.2) is 0 Å². The number of hydrogen-bond acceptors (Lipinski definition) is 2. The molecule has 0 aliphatic rings. The monoisotopic (exact) mass is 155 g/mol. The quantitative estimate of drug-likeness (QED) is 0.482. The van der Waals surface area contributed by atoms with Gasteiger partial charge in [0.05, 0.1) is 13.2 Å². The minimum absolute atomic E-state index is 0.583. The van der Waals surface area contributed by atoms with E-state index in [-0.39, 0.29) is 0 Å². The Balaban J connectivity index is 0. The van der Waals surface area contributed by atoms with Gasteiger partial charge in [-0.25, -0.2) is 0 Å². The number of rotatable bonds is 5. The van der Waals surface area contributed by atoms with Gasteiger partial charge >= 0.3 is 0 Å². The van der Waals surface area contributed by atoms with Crippen LogP contribution in [0.4, 0.5) is 0 Å². The van der Waals surface area contributed by atoms with E-state index >= 15 is 0 Å². The lowest BCUT2D eigenvalue weighted by atomic mass is 10.6. The maximum absolute atomic E-state index is 4.91. The van der Waals surface area contributed by atoms with Gasteiger partial charge < -0.3 is 10.5 Å². The molecule has 0 radical (unpaired) electrons. The van der Waals surface area contributed by atoms with Gasteiger partial charge in [0.1, 0.15) is 0 Å². The molecule has 0 aromatic carbocycles. The Hall–Kier alpha value is -0.860. The molecule has 0 bridgehead atoms. The van der Waals surface area contributed by atoms with Crippen molar-refractivity contribution in [3.05, 3.63) is 38.0 Å². The van der Waals surface area contributed by atoms with E-state index in [0.717, 1.165) is 0 Å². The van der Waals surface area contributed by atoms with Crippen LogP contribution in [0.5, 0.6) is 0 Å². The highest BCUT2D eigenvalue weighted by Crippen LogP contribution is 1.72. The Labute approximate surface area is 69.0 Å². The van der Waals surface area contributed by atoms with Crippen LogP contribution in [0.15, 0.2) is 38.0 Å². The molecule has 0 saturated carbocycles. The zero-order valence-electron chi connectivity index (χ0n) is 6.96. The minimum Gasteiger partial charge on any atom is -0.373 e. The Morgan fingerprint density at radius 3 is 1.55 bits per heavy atom. The van der Waals surface area contributed by atoms with Crippen molar-refractivity contribution >= 4 is 0 Å². The van der Waals surface area contributed by atoms with E-state index in [4.69, 9.17) is 10.5 Å². The van der Waals surface area contributed by atoms with Gasteiger partial charge in [-0.1, -0.05) is 18.2 Å². The maximum atomic E-state index is 4.91. The fourth-order valence-corrected chi connectivity index (χ4v) is 0.235. The van der Waals surface area contributed by atoms with Crippen molar-refractivity contribution in [1.82, 2.24) is 0 Å². The molecule has 2 N–H and O–H groups in total. The molecule has 2 heteroatoms. The Morgan fingerprint density at radius 2 is 1.36 bits per heavy atom. The van der Waals surface area contributed by atoms with Crippen LogP contribution in [-0.2, 0) is 4.74 Å². The van der Waals surface area contributed by atoms with E-state index in [1.54, 1.807) is 18.2 Å². The standard InChI is InChI=1S/C6H10O.C3H7N/c1-3-5-7-6-4-2;1-2-3-4/h3-4H,1-2,5-6H2;2H,1,3-4H2. The molecular formula is C9H17NO. The zero-order chi connectivity index (χ0) is 8.95. The molecule has 0 unspecified atom stereocenters. The van der Waals surface area contributed by atoms with Gasteiger partial charge in [0, 0.05) is 6.54 Å². The average molecular weight is 155 g/mol. The van der Waals surface area contributed by atoms with Crippen LogP contribution in [0.1, 0.15) is 0 Å². The topological polar surface area (TPSA) is 35.2 Å². The molecule has 0 amide bonds. The predicted octanol–water partition coefficient (Wildman–Crippen LogP) is 1.51. The van der Waals surface area contributed by atoms with Gasteiger partial charge in [-0.3, -0.25) is 0 Å². The SMILES string of the molecule is C=CCN.C=CCOCC=C. The summed E-state index contributed by atoms with van der Waals surface area (Å²) in [5.41, 5.74) is 4.91. The van der Waals surface area contributed by atoms with Gasteiger partial charge in [-0.2, -0.15) is 0 Å². The Kier molecular flexibility index (Phi) is 18.7. The second-order valence-electron chi connectivity index (χ2n) is 1.64. The lowest BCUT2D eigenvalue weighted by Crippen LogP contribution is -1.90. The molecule has 0 atom stereocenters. The molecule has 2 nitrogen and oxygen atoms in total. The first-order chi connectivity index (χ1) is 5.33. The number of hydrogen-bond donors (Lipinski definition) is 1. The number of ether oxygens (including phenoxy) is 1. The third-order valence-electron chi connectivity index (χ3n) is 0.638. The minimum atomic E-state index is 0.583. The highest BCUT2D eigenvalue weighted by molar-refractivity contribution is 4.68. The van der Waals surface area contributed by atoms with Crippen LogP contribution < -0.4 is 5.73 Å². The van der Waals surface area contributed by atoms with Crippen molar-refractivity contribution in [2.24, 2.45) is 5.73 Å². The van der Waals surface area contributed by atoms with Crippen molar-refractivity contribution in [1.29, 1.82) is 0 Å². The second kappa shape index (κ2) is 16.1. The summed E-state index contributed by atoms with van der Waals surface area (Å²) in [5, 5.41) is 0. The van der Waals surface area contributed by atoms with E-state index in [1.165, 1.54) is 0 Å². The summed E-state index contributed by atoms with van der Waals surface area (Å²) in [4.78, 5) is 0. The smallest absolute Gasteiger partial charge is 0.0649 e. The van der Waals surface area contributed by atoms with Crippen LogP contribution in [0, 0.1) is 0 Å². The zero-order valence-corrected chi connectivity index (χ0v) is 6.96. The lowest BCUT2D eigenvalue weighted by molar-refractivity contribution is 0.194. The van der Waals surface area contributed by atoms with Gasteiger partial charge in [-0.15, -0.1) is 19.7 Å². The average Bonchev–Trinajstić information content (AvgIpc) is 2.06. The summed E-state index contributed by atoms with van der Waals surface area (Å²) in [6, 6.07) is 0. The predicted molar refractivity (Wildman–Crippen MR) is 50.5 cm³/mol. The molecule has 11 heavy (non-hydrogen) atoms. The molecule has 0 fully saturated rings. The van der Waals surface area contributed by atoms with Crippen molar-refractivity contribution in [2.45, 2.75) is 0 Å². The molecule has 0 aliphatic carbocycles. The largest absolute Gasteiger partial charge is 0.373 e. The molecule has 0 aliphatic heterocycles. The van der Waals surface area contributed by atoms with E-state index in [0.29, 0.717) is 19.8 Å². The summed E-state index contributed by atoms with van der Waals surface area (Å²) < 4.78 is 4.90. The van der Waals surface area contributed by atoms with Gasteiger partial charge in [0.25, 0.3) is 0 Å². The van der Waals surface area contributed by atoms with Crippen LogP contribution in [0.3, 0.4) is 0 Å². The highest BCUT2D eigenvalue weighted by atomic mass is 16.5. The van der Waals surface area contributed by atoms with Crippen LogP contribution in [0.25, 0.3) is 0 Å².